The van der Waals surface area contributed by atoms with Crippen LogP contribution in [-0.4, -0.2) is 14.4 Å². The minimum absolute atomic E-state index is 0.298. The highest BCUT2D eigenvalue weighted by molar-refractivity contribution is 7.15. The topological polar surface area (TPSA) is 42.2 Å². The van der Waals surface area contributed by atoms with Crippen molar-refractivity contribution < 1.29 is 0 Å². The number of nitrogens with zero attached hydrogens (tertiary/aromatic N) is 3. The molecule has 0 saturated carbocycles. The highest BCUT2D eigenvalue weighted by Crippen LogP contribution is 2.18. The zero-order chi connectivity index (χ0) is 13.2. The fraction of sp³-hybridized carbons (Fsp3) is 0.286. The van der Waals surface area contributed by atoms with Gasteiger partial charge in [0.2, 0.25) is 0 Å². The van der Waals surface area contributed by atoms with Crippen LogP contribution in [0.2, 0.25) is 0 Å². The maximum Gasteiger partial charge on any atom is 0.194 e. The molecule has 19 heavy (non-hydrogen) atoms. The van der Waals surface area contributed by atoms with Gasteiger partial charge in [-0.2, -0.15) is 0 Å². The van der Waals surface area contributed by atoms with Gasteiger partial charge < -0.3 is 5.32 Å². The molecule has 1 N–H and O–H groups in total. The zero-order valence-corrected chi connectivity index (χ0v) is 11.8. The molecule has 3 heterocycles. The summed E-state index contributed by atoms with van der Waals surface area (Å²) in [7, 11) is 0. The molecule has 0 aromatic carbocycles. The van der Waals surface area contributed by atoms with Gasteiger partial charge in [0.05, 0.1) is 11.4 Å². The molecule has 0 spiro atoms. The zero-order valence-electron chi connectivity index (χ0n) is 11.0. The summed E-state index contributed by atoms with van der Waals surface area (Å²) in [5.74, 6) is 0. The number of thiazole rings is 1. The van der Waals surface area contributed by atoms with Gasteiger partial charge in [0.25, 0.3) is 0 Å². The lowest BCUT2D eigenvalue weighted by atomic mass is 10.1. The maximum atomic E-state index is 4.56. The van der Waals surface area contributed by atoms with Gasteiger partial charge >= 0.3 is 0 Å². The van der Waals surface area contributed by atoms with Crippen molar-refractivity contribution in [2.24, 2.45) is 0 Å². The number of hydrogen-bond acceptors (Lipinski definition) is 4. The second kappa shape index (κ2) is 5.11. The lowest BCUT2D eigenvalue weighted by Gasteiger charge is -2.13. The molecule has 3 rings (SSSR count). The predicted molar refractivity (Wildman–Crippen MR) is 77.3 cm³/mol. The van der Waals surface area contributed by atoms with E-state index in [-0.39, 0.29) is 0 Å². The SMILES string of the molecule is Cc1nc2sccn2c1CN[C@@H](C)c1ccncc1. The molecular formula is C14H16N4S. The molecule has 3 aromatic rings. The average Bonchev–Trinajstić information content (AvgIpc) is 2.98. The molecule has 0 radical (unpaired) electrons. The van der Waals surface area contributed by atoms with E-state index in [1.54, 1.807) is 11.3 Å². The summed E-state index contributed by atoms with van der Waals surface area (Å²) in [6.45, 7) is 5.04. The molecule has 4 nitrogen and oxygen atoms in total. The van der Waals surface area contributed by atoms with E-state index in [9.17, 15) is 0 Å². The van der Waals surface area contributed by atoms with Crippen molar-refractivity contribution in [1.29, 1.82) is 0 Å². The van der Waals surface area contributed by atoms with Crippen molar-refractivity contribution in [1.82, 2.24) is 19.7 Å². The number of pyridine rings is 1. The molecule has 0 bridgehead atoms. The Kier molecular flexibility index (Phi) is 3.31. The number of imidazole rings is 1. The Morgan fingerprint density at radius 2 is 2.16 bits per heavy atom. The van der Waals surface area contributed by atoms with Crippen molar-refractivity contribution in [3.8, 4) is 0 Å². The number of aryl methyl sites for hydroxylation is 1. The fourth-order valence-electron chi connectivity index (χ4n) is 2.17. The first kappa shape index (κ1) is 12.3. The Morgan fingerprint density at radius 3 is 2.95 bits per heavy atom. The third-order valence-corrected chi connectivity index (χ3v) is 4.10. The summed E-state index contributed by atoms with van der Waals surface area (Å²) in [6.07, 6.45) is 5.73. The van der Waals surface area contributed by atoms with Crippen LogP contribution >= 0.6 is 11.3 Å². The normalized spacial score (nSPS) is 12.9. The molecule has 0 amide bonds. The Labute approximate surface area is 116 Å². The number of hydrogen-bond donors (Lipinski definition) is 1. The number of rotatable bonds is 4. The molecule has 0 saturated heterocycles. The van der Waals surface area contributed by atoms with Gasteiger partial charge in [0.15, 0.2) is 4.96 Å². The number of fused-ring (bicyclic) bond motifs is 1. The third kappa shape index (κ3) is 2.39. The first-order chi connectivity index (χ1) is 9.25. The quantitative estimate of drug-likeness (QED) is 0.794. The van der Waals surface area contributed by atoms with Crippen LogP contribution in [-0.2, 0) is 6.54 Å². The minimum Gasteiger partial charge on any atom is -0.305 e. The van der Waals surface area contributed by atoms with Crippen molar-refractivity contribution in [3.05, 3.63) is 53.1 Å². The Hall–Kier alpha value is -1.72. The molecule has 3 aromatic heterocycles. The van der Waals surface area contributed by atoms with Crippen molar-refractivity contribution in [2.45, 2.75) is 26.4 Å². The van der Waals surface area contributed by atoms with E-state index in [1.807, 2.05) is 24.5 Å². The summed E-state index contributed by atoms with van der Waals surface area (Å²) in [4.78, 5) is 9.66. The molecule has 1 atom stereocenters. The van der Waals surface area contributed by atoms with Crippen LogP contribution < -0.4 is 5.32 Å². The van der Waals surface area contributed by atoms with Gasteiger partial charge in [-0.05, 0) is 31.5 Å². The molecule has 0 aliphatic carbocycles. The van der Waals surface area contributed by atoms with Crippen LogP contribution in [0.15, 0.2) is 36.1 Å². The highest BCUT2D eigenvalue weighted by atomic mass is 32.1. The summed E-state index contributed by atoms with van der Waals surface area (Å²) < 4.78 is 2.16. The van der Waals surface area contributed by atoms with Gasteiger partial charge in [-0.15, -0.1) is 11.3 Å². The van der Waals surface area contributed by atoms with E-state index in [1.165, 1.54) is 11.3 Å². The molecular weight excluding hydrogens is 256 g/mol. The second-order valence-electron chi connectivity index (χ2n) is 4.58. The number of aromatic nitrogens is 3. The summed E-state index contributed by atoms with van der Waals surface area (Å²) in [6, 6.07) is 4.38. The number of nitrogens with one attached hydrogen (secondary N) is 1. The molecule has 98 valence electrons. The van der Waals surface area contributed by atoms with Gasteiger partial charge in [-0.1, -0.05) is 0 Å². The van der Waals surface area contributed by atoms with Crippen LogP contribution in [0.25, 0.3) is 4.96 Å². The van der Waals surface area contributed by atoms with E-state index in [0.717, 1.165) is 17.2 Å². The van der Waals surface area contributed by atoms with Crippen LogP contribution in [0.5, 0.6) is 0 Å². The predicted octanol–water partition coefficient (Wildman–Crippen LogP) is 2.95. The van der Waals surface area contributed by atoms with Crippen molar-refractivity contribution >= 4 is 16.3 Å². The molecule has 0 aliphatic rings. The first-order valence-corrected chi connectivity index (χ1v) is 7.18. The molecule has 0 unspecified atom stereocenters. The molecule has 5 heteroatoms. The van der Waals surface area contributed by atoms with Crippen LogP contribution in [0.4, 0.5) is 0 Å². The first-order valence-electron chi connectivity index (χ1n) is 6.30. The average molecular weight is 272 g/mol. The van der Waals surface area contributed by atoms with E-state index in [0.29, 0.717) is 6.04 Å². The van der Waals surface area contributed by atoms with Gasteiger partial charge in [-0.3, -0.25) is 9.38 Å². The lowest BCUT2D eigenvalue weighted by molar-refractivity contribution is 0.564. The van der Waals surface area contributed by atoms with Crippen LogP contribution in [0.3, 0.4) is 0 Å². The largest absolute Gasteiger partial charge is 0.305 e. The smallest absolute Gasteiger partial charge is 0.194 e. The van der Waals surface area contributed by atoms with Crippen LogP contribution in [0.1, 0.15) is 29.9 Å². The highest BCUT2D eigenvalue weighted by Gasteiger charge is 2.11. The lowest BCUT2D eigenvalue weighted by Crippen LogP contribution is -2.19. The van der Waals surface area contributed by atoms with E-state index in [4.69, 9.17) is 0 Å². The van der Waals surface area contributed by atoms with E-state index >= 15 is 0 Å². The van der Waals surface area contributed by atoms with E-state index < -0.39 is 0 Å². The molecule has 0 aliphatic heterocycles. The fourth-order valence-corrected chi connectivity index (χ4v) is 2.95. The van der Waals surface area contributed by atoms with Gasteiger partial charge in [0, 0.05) is 36.6 Å². The maximum absolute atomic E-state index is 4.56. The van der Waals surface area contributed by atoms with Gasteiger partial charge in [0.1, 0.15) is 0 Å². The van der Waals surface area contributed by atoms with Crippen LogP contribution in [0, 0.1) is 6.92 Å². The summed E-state index contributed by atoms with van der Waals surface area (Å²) in [5, 5.41) is 5.61. The van der Waals surface area contributed by atoms with Crippen molar-refractivity contribution in [3.63, 3.8) is 0 Å². The standard InChI is InChI=1S/C14H16N4S/c1-10(12-3-5-15-6-4-12)16-9-13-11(2)17-14-18(13)7-8-19-14/h3-8,10,16H,9H2,1-2H3/t10-/m0/s1. The Balaban J connectivity index is 1.76. The summed E-state index contributed by atoms with van der Waals surface area (Å²) >= 11 is 1.67. The molecule has 0 fully saturated rings. The van der Waals surface area contributed by atoms with Crippen molar-refractivity contribution in [2.75, 3.05) is 0 Å². The third-order valence-electron chi connectivity index (χ3n) is 3.34. The van der Waals surface area contributed by atoms with Gasteiger partial charge in [-0.25, -0.2) is 4.98 Å². The monoisotopic (exact) mass is 272 g/mol. The Bertz CT molecular complexity index is 671. The summed E-state index contributed by atoms with van der Waals surface area (Å²) in [5.41, 5.74) is 3.58. The minimum atomic E-state index is 0.298. The second-order valence-corrected chi connectivity index (χ2v) is 5.46. The Morgan fingerprint density at radius 1 is 1.37 bits per heavy atom. The van der Waals surface area contributed by atoms with E-state index in [2.05, 4.69) is 45.1 Å².